The highest BCUT2D eigenvalue weighted by Gasteiger charge is 2.32. The van der Waals surface area contributed by atoms with Crippen LogP contribution in [0, 0.1) is 0 Å². The fourth-order valence-electron chi connectivity index (χ4n) is 3.42. The van der Waals surface area contributed by atoms with Crippen LogP contribution in [0.15, 0.2) is 62.9 Å². The Kier molecular flexibility index (Phi) is 5.86. The Hall–Kier alpha value is -2.02. The summed E-state index contributed by atoms with van der Waals surface area (Å²) in [6, 6.07) is 13.2. The van der Waals surface area contributed by atoms with Gasteiger partial charge in [0.15, 0.2) is 0 Å². The third-order valence-electron chi connectivity index (χ3n) is 4.96. The molecule has 1 saturated heterocycles. The van der Waals surface area contributed by atoms with Crippen LogP contribution in [-0.4, -0.2) is 26.5 Å². The van der Waals surface area contributed by atoms with E-state index in [1.165, 1.54) is 12.1 Å². The summed E-state index contributed by atoms with van der Waals surface area (Å²) < 4.78 is 32.8. The summed E-state index contributed by atoms with van der Waals surface area (Å²) in [5.74, 6) is 0.471. The molecular formula is C21H20Cl2N2O3S. The Labute approximate surface area is 180 Å². The normalized spacial score (nSPS) is 15.3. The fourth-order valence-corrected chi connectivity index (χ4v) is 5.09. The molecule has 1 aromatic heterocycles. The molecule has 0 bridgehead atoms. The summed E-state index contributed by atoms with van der Waals surface area (Å²) in [6.45, 7) is 1.45. The summed E-state index contributed by atoms with van der Waals surface area (Å²) in [4.78, 5) is 6.50. The first-order chi connectivity index (χ1) is 14.0. The topological polar surface area (TPSA) is 63.4 Å². The van der Waals surface area contributed by atoms with E-state index in [0.717, 1.165) is 38.8 Å². The van der Waals surface area contributed by atoms with Gasteiger partial charge in [-0.25, -0.2) is 8.42 Å². The van der Waals surface area contributed by atoms with Crippen molar-refractivity contribution in [3.05, 3.63) is 58.6 Å². The number of rotatable bonds is 4. The van der Waals surface area contributed by atoms with Crippen LogP contribution in [0.2, 0.25) is 10.0 Å². The molecule has 152 valence electrons. The molecule has 3 aromatic rings. The smallest absolute Gasteiger partial charge is 0.236 e. The second-order valence-electron chi connectivity index (χ2n) is 6.97. The van der Waals surface area contributed by atoms with E-state index in [1.54, 1.807) is 30.3 Å². The monoisotopic (exact) mass is 450 g/mol. The molecule has 0 atom stereocenters. The predicted octanol–water partition coefficient (Wildman–Crippen LogP) is 5.86. The zero-order chi connectivity index (χ0) is 20.4. The number of aromatic nitrogens is 1. The van der Waals surface area contributed by atoms with Crippen LogP contribution in [0.4, 0.5) is 5.88 Å². The second kappa shape index (κ2) is 8.38. The lowest BCUT2D eigenvalue weighted by molar-refractivity contribution is 0.543. The minimum atomic E-state index is -3.90. The van der Waals surface area contributed by atoms with Gasteiger partial charge < -0.3 is 9.32 Å². The van der Waals surface area contributed by atoms with Crippen LogP contribution >= 0.6 is 23.2 Å². The molecule has 8 heteroatoms. The summed E-state index contributed by atoms with van der Waals surface area (Å²) in [7, 11) is -3.90. The van der Waals surface area contributed by atoms with Gasteiger partial charge in [0, 0.05) is 18.1 Å². The van der Waals surface area contributed by atoms with Crippen LogP contribution < -0.4 is 4.90 Å². The second-order valence-corrected chi connectivity index (χ2v) is 9.68. The Morgan fingerprint density at radius 1 is 0.897 bits per heavy atom. The molecule has 2 aromatic carbocycles. The zero-order valence-corrected chi connectivity index (χ0v) is 18.0. The van der Waals surface area contributed by atoms with Crippen LogP contribution in [0.5, 0.6) is 0 Å². The van der Waals surface area contributed by atoms with Gasteiger partial charge in [0.1, 0.15) is 0 Å². The molecule has 1 aliphatic heterocycles. The minimum Gasteiger partial charge on any atom is -0.419 e. The molecule has 0 unspecified atom stereocenters. The molecule has 0 N–H and O–H groups in total. The largest absolute Gasteiger partial charge is 0.419 e. The van der Waals surface area contributed by atoms with Gasteiger partial charge in [-0.15, -0.1) is 0 Å². The summed E-state index contributed by atoms with van der Waals surface area (Å²) in [6.07, 6.45) is 4.17. The average molecular weight is 451 g/mol. The third kappa shape index (κ3) is 4.15. The SMILES string of the molecule is O=S(=O)(c1ccc(Cl)cc1)c1nc(-c2ccccc2Cl)oc1N1CCCCCC1. The molecule has 0 aliphatic carbocycles. The maximum absolute atomic E-state index is 13.4. The van der Waals surface area contributed by atoms with E-state index < -0.39 is 9.84 Å². The number of oxazole rings is 1. The van der Waals surface area contributed by atoms with Gasteiger partial charge >= 0.3 is 0 Å². The average Bonchev–Trinajstić information content (AvgIpc) is 2.98. The predicted molar refractivity (Wildman–Crippen MR) is 115 cm³/mol. The lowest BCUT2D eigenvalue weighted by Gasteiger charge is -2.20. The van der Waals surface area contributed by atoms with E-state index in [4.69, 9.17) is 27.6 Å². The number of nitrogens with zero attached hydrogens (tertiary/aromatic N) is 2. The molecule has 0 saturated carbocycles. The van der Waals surface area contributed by atoms with Crippen molar-refractivity contribution in [2.75, 3.05) is 18.0 Å². The first-order valence-electron chi connectivity index (χ1n) is 9.48. The maximum Gasteiger partial charge on any atom is 0.236 e. The molecule has 0 spiro atoms. The highest BCUT2D eigenvalue weighted by atomic mass is 35.5. The maximum atomic E-state index is 13.4. The van der Waals surface area contributed by atoms with Crippen molar-refractivity contribution in [2.45, 2.75) is 35.6 Å². The molecule has 0 amide bonds. The molecular weight excluding hydrogens is 431 g/mol. The number of hydrogen-bond acceptors (Lipinski definition) is 5. The third-order valence-corrected chi connectivity index (χ3v) is 7.20. The first kappa shape index (κ1) is 20.3. The van der Waals surface area contributed by atoms with Crippen LogP contribution in [0.3, 0.4) is 0 Å². The number of benzene rings is 2. The Morgan fingerprint density at radius 3 is 2.21 bits per heavy atom. The van der Waals surface area contributed by atoms with Crippen molar-refractivity contribution >= 4 is 38.9 Å². The highest BCUT2D eigenvalue weighted by molar-refractivity contribution is 7.91. The lowest BCUT2D eigenvalue weighted by Crippen LogP contribution is -2.25. The Balaban J connectivity index is 1.86. The summed E-state index contributed by atoms with van der Waals surface area (Å²) in [5, 5.41) is 0.830. The number of halogens is 2. The summed E-state index contributed by atoms with van der Waals surface area (Å²) >= 11 is 12.2. The van der Waals surface area contributed by atoms with Gasteiger partial charge in [0.25, 0.3) is 0 Å². The van der Waals surface area contributed by atoms with Gasteiger partial charge in [-0.2, -0.15) is 4.98 Å². The van der Waals surface area contributed by atoms with Gasteiger partial charge in [0.2, 0.25) is 26.6 Å². The molecule has 1 fully saturated rings. The number of anilines is 1. The first-order valence-corrected chi connectivity index (χ1v) is 11.7. The summed E-state index contributed by atoms with van der Waals surface area (Å²) in [5.41, 5.74) is 0.558. The number of sulfone groups is 1. The zero-order valence-electron chi connectivity index (χ0n) is 15.6. The van der Waals surface area contributed by atoms with Crippen molar-refractivity contribution < 1.29 is 12.8 Å². The van der Waals surface area contributed by atoms with E-state index >= 15 is 0 Å². The van der Waals surface area contributed by atoms with E-state index in [-0.39, 0.29) is 21.7 Å². The van der Waals surface area contributed by atoms with Gasteiger partial charge in [-0.1, -0.05) is 48.2 Å². The Morgan fingerprint density at radius 2 is 1.55 bits per heavy atom. The van der Waals surface area contributed by atoms with Crippen LogP contribution in [-0.2, 0) is 9.84 Å². The molecule has 4 rings (SSSR count). The highest BCUT2D eigenvalue weighted by Crippen LogP contribution is 2.37. The minimum absolute atomic E-state index is 0.0864. The van der Waals surface area contributed by atoms with Crippen molar-refractivity contribution in [3.8, 4) is 11.5 Å². The van der Waals surface area contributed by atoms with E-state index in [9.17, 15) is 8.42 Å². The van der Waals surface area contributed by atoms with E-state index in [0.29, 0.717) is 15.6 Å². The number of hydrogen-bond donors (Lipinski definition) is 0. The quantitative estimate of drug-likeness (QED) is 0.497. The molecule has 29 heavy (non-hydrogen) atoms. The van der Waals surface area contributed by atoms with Crippen LogP contribution in [0.25, 0.3) is 11.5 Å². The lowest BCUT2D eigenvalue weighted by atomic mass is 10.2. The molecule has 2 heterocycles. The van der Waals surface area contributed by atoms with Gasteiger partial charge in [-0.05, 0) is 49.2 Å². The standard InChI is InChI=1S/C21H20Cl2N2O3S/c22-15-9-11-16(12-10-15)29(26,27)20-21(25-13-5-1-2-6-14-25)28-19(24-20)17-7-3-4-8-18(17)23/h3-4,7-12H,1-2,5-6,13-14H2. The van der Waals surface area contributed by atoms with Crippen molar-refractivity contribution in [1.29, 1.82) is 0 Å². The molecule has 5 nitrogen and oxygen atoms in total. The van der Waals surface area contributed by atoms with Gasteiger partial charge in [0.05, 0.1) is 15.5 Å². The fraction of sp³-hybridized carbons (Fsp3) is 0.286. The Bertz CT molecular complexity index is 1100. The van der Waals surface area contributed by atoms with Gasteiger partial charge in [-0.3, -0.25) is 0 Å². The van der Waals surface area contributed by atoms with Crippen LogP contribution in [0.1, 0.15) is 25.7 Å². The van der Waals surface area contributed by atoms with Crippen molar-refractivity contribution in [1.82, 2.24) is 4.98 Å². The van der Waals surface area contributed by atoms with Crippen molar-refractivity contribution in [3.63, 3.8) is 0 Å². The van der Waals surface area contributed by atoms with Crippen molar-refractivity contribution in [2.24, 2.45) is 0 Å². The molecule has 1 aliphatic rings. The van der Waals surface area contributed by atoms with E-state index in [2.05, 4.69) is 4.98 Å². The van der Waals surface area contributed by atoms with E-state index in [1.807, 2.05) is 11.0 Å². The molecule has 0 radical (unpaired) electrons.